The summed E-state index contributed by atoms with van der Waals surface area (Å²) in [5, 5.41) is 4.22. The second kappa shape index (κ2) is 17.0. The minimum atomic E-state index is 0. The fourth-order valence-corrected chi connectivity index (χ4v) is 4.33. The van der Waals surface area contributed by atoms with E-state index in [0.29, 0.717) is 11.8 Å². The number of methoxy groups -OCH3 is 2. The summed E-state index contributed by atoms with van der Waals surface area (Å²) < 4.78 is 9.67. The van der Waals surface area contributed by atoms with Gasteiger partial charge in [-0.3, -0.25) is 0 Å². The summed E-state index contributed by atoms with van der Waals surface area (Å²) in [4.78, 5) is 2.45. The number of alkyl halides is 1. The van der Waals surface area contributed by atoms with Crippen molar-refractivity contribution in [1.29, 1.82) is 0 Å². The van der Waals surface area contributed by atoms with Crippen LogP contribution in [0.15, 0.2) is 0 Å². The molecule has 6 atom stereocenters. The molecule has 2 saturated carbocycles. The molecule has 4 nitrogen and oxygen atoms in total. The summed E-state index contributed by atoms with van der Waals surface area (Å²) in [5.41, 5.74) is 0. The summed E-state index contributed by atoms with van der Waals surface area (Å²) in [5.74, 6) is 10.2. The van der Waals surface area contributed by atoms with Crippen molar-refractivity contribution in [2.45, 2.75) is 7.43 Å². The van der Waals surface area contributed by atoms with Crippen LogP contribution >= 0.6 is 28.3 Å². The number of nitrogens with zero attached hydrogens (tertiary/aromatic N) is 1. The van der Waals surface area contributed by atoms with Crippen molar-refractivity contribution >= 4 is 28.3 Å². The maximum absolute atomic E-state index is 5.38. The molecule has 7 heteroatoms. The number of hydrogen-bond donors (Lipinski definition) is 1. The van der Waals surface area contributed by atoms with Crippen molar-refractivity contribution in [3.05, 3.63) is 0 Å². The van der Waals surface area contributed by atoms with E-state index in [2.05, 4.69) is 42.7 Å². The van der Waals surface area contributed by atoms with Crippen molar-refractivity contribution in [2.24, 2.45) is 35.5 Å². The molecule has 2 aliphatic carbocycles. The van der Waals surface area contributed by atoms with Crippen molar-refractivity contribution < 1.29 is 62.3 Å². The van der Waals surface area contributed by atoms with Gasteiger partial charge in [-0.25, -0.2) is 0 Å². The number of rotatable bonds is 5. The largest absolute Gasteiger partial charge is 1.00 e. The molecule has 4 fully saturated rings. The summed E-state index contributed by atoms with van der Waals surface area (Å²) in [6.07, 6.45) is 10.6. The van der Waals surface area contributed by atoms with Crippen LogP contribution in [0.1, 0.15) is 8.85 Å². The first-order valence-electron chi connectivity index (χ1n) is 9.10. The Balaban J connectivity index is -0.000000354. The van der Waals surface area contributed by atoms with Crippen LogP contribution in [0.25, 0.3) is 0 Å². The number of likely N-dealkylation sites (tertiary alicyclic amines) is 1. The van der Waals surface area contributed by atoms with Crippen LogP contribution in [0, 0.1) is 60.2 Å². The molecule has 0 aromatic heterocycles. The zero-order valence-corrected chi connectivity index (χ0v) is 22.4. The molecule has 158 valence electrons. The molecule has 0 bridgehead atoms. The van der Waals surface area contributed by atoms with Crippen LogP contribution in [0.5, 0.6) is 0 Å². The molecule has 2 saturated heterocycles. The third-order valence-corrected chi connectivity index (χ3v) is 5.96. The molecule has 2 unspecified atom stereocenters. The molecule has 4 rings (SSSR count). The normalized spacial score (nSPS) is 32.6. The van der Waals surface area contributed by atoms with E-state index in [-0.39, 0.29) is 72.6 Å². The first-order chi connectivity index (χ1) is 12.2. The first kappa shape index (κ1) is 31.6. The molecular weight excluding hydrogens is 467 g/mol. The molecule has 28 heavy (non-hydrogen) atoms. The summed E-state index contributed by atoms with van der Waals surface area (Å²) in [6, 6.07) is 0. The van der Waals surface area contributed by atoms with E-state index in [9.17, 15) is 0 Å². The Hall–Kier alpha value is 1.37. The van der Waals surface area contributed by atoms with Gasteiger partial charge in [-0.1, -0.05) is 23.4 Å². The van der Waals surface area contributed by atoms with Gasteiger partial charge in [-0.2, -0.15) is 0 Å². The maximum Gasteiger partial charge on any atom is 1.00 e. The number of hydrogen-bond acceptors (Lipinski definition) is 4. The van der Waals surface area contributed by atoms with E-state index in [1.165, 1.54) is 26.2 Å². The second-order valence-electron chi connectivity index (χ2n) is 7.13. The number of piperidine rings is 2. The standard InChI is InChI=1S/C10H15NO.C7H9N.C3H7BrO.CH4.ClH.K.H/c1-3-8-9-6-11(4-5-12-2)7-10(8)9;1-2-5-6-3-8-4-7(5)6;1-5-3-2-4;;;;/h1,8-10H,4-7H2,2H3;1,5-8H,3-4H2;2-3H2,1H3;1H4;1H;;/q;;;;;+1;-1/t8?,9-,10+;5?,6-,7+;;;;;. The molecule has 4 aliphatic rings. The third kappa shape index (κ3) is 9.24. The van der Waals surface area contributed by atoms with Crippen LogP contribution in [0.4, 0.5) is 0 Å². The Bertz CT molecular complexity index is 482. The van der Waals surface area contributed by atoms with E-state index in [1.807, 2.05) is 0 Å². The van der Waals surface area contributed by atoms with E-state index >= 15 is 0 Å². The van der Waals surface area contributed by atoms with Crippen molar-refractivity contribution in [2.75, 3.05) is 65.5 Å². The van der Waals surface area contributed by atoms with Gasteiger partial charge in [0.2, 0.25) is 0 Å². The minimum Gasteiger partial charge on any atom is -1.00 e. The number of ether oxygens (including phenoxy) is 2. The van der Waals surface area contributed by atoms with Crippen molar-refractivity contribution in [3.63, 3.8) is 0 Å². The average Bonchev–Trinajstić information content (AvgIpc) is 3.31. The Labute approximate surface area is 231 Å². The quantitative estimate of drug-likeness (QED) is 0.318. The summed E-state index contributed by atoms with van der Waals surface area (Å²) in [7, 11) is 3.43. The summed E-state index contributed by atoms with van der Waals surface area (Å²) >= 11 is 3.18. The Morgan fingerprint density at radius 1 is 1.00 bits per heavy atom. The van der Waals surface area contributed by atoms with Gasteiger partial charge in [0.25, 0.3) is 0 Å². The van der Waals surface area contributed by atoms with Gasteiger partial charge in [0.1, 0.15) is 0 Å². The fourth-order valence-electron chi connectivity index (χ4n) is 4.01. The van der Waals surface area contributed by atoms with Gasteiger partial charge in [0.05, 0.1) is 13.2 Å². The Morgan fingerprint density at radius 3 is 1.79 bits per heavy atom. The monoisotopic (exact) mass is 502 g/mol. The van der Waals surface area contributed by atoms with Gasteiger partial charge in [-0.05, 0) is 36.8 Å². The van der Waals surface area contributed by atoms with Gasteiger partial charge >= 0.3 is 51.4 Å². The predicted molar refractivity (Wildman–Crippen MR) is 121 cm³/mol. The number of nitrogens with one attached hydrogen (secondary N) is 1. The SMILES string of the molecule is C.C#CC1[C@H]2CN(CCOC)C[C@@H]12.C#CC1[C@H]2CNC[C@@H]12.COCCBr.Cl.[H-].[K+]. The van der Waals surface area contributed by atoms with Crippen LogP contribution in [0.3, 0.4) is 0 Å². The molecule has 2 heterocycles. The zero-order chi connectivity index (χ0) is 18.2. The van der Waals surface area contributed by atoms with Gasteiger partial charge < -0.3 is 21.1 Å². The summed E-state index contributed by atoms with van der Waals surface area (Å²) in [6.45, 7) is 7.45. The van der Waals surface area contributed by atoms with Crippen LogP contribution in [-0.2, 0) is 9.47 Å². The minimum absolute atomic E-state index is 0. The third-order valence-electron chi connectivity index (χ3n) is 5.64. The molecular formula is C21H37BrClKN2O2. The van der Waals surface area contributed by atoms with Gasteiger partial charge in [-0.15, -0.1) is 37.1 Å². The van der Waals surface area contributed by atoms with E-state index in [4.69, 9.17) is 17.6 Å². The van der Waals surface area contributed by atoms with E-state index in [1.54, 1.807) is 14.2 Å². The van der Waals surface area contributed by atoms with Crippen LogP contribution in [-0.4, -0.2) is 70.4 Å². The topological polar surface area (TPSA) is 33.7 Å². The molecule has 2 aliphatic heterocycles. The van der Waals surface area contributed by atoms with Crippen LogP contribution in [0.2, 0.25) is 0 Å². The number of halogens is 2. The van der Waals surface area contributed by atoms with Crippen molar-refractivity contribution in [1.82, 2.24) is 10.2 Å². The second-order valence-corrected chi connectivity index (χ2v) is 7.93. The van der Waals surface area contributed by atoms with Gasteiger partial charge in [0.15, 0.2) is 0 Å². The predicted octanol–water partition coefficient (Wildman–Crippen LogP) is -0.269. The number of fused-ring (bicyclic) bond motifs is 2. The smallest absolute Gasteiger partial charge is 1.00 e. The molecule has 0 aromatic carbocycles. The van der Waals surface area contributed by atoms with Gasteiger partial charge in [0, 0.05) is 51.0 Å². The molecule has 1 N–H and O–H groups in total. The maximum atomic E-state index is 5.38. The molecule has 0 radical (unpaired) electrons. The fraction of sp³-hybridized carbons (Fsp3) is 0.810. The first-order valence-corrected chi connectivity index (χ1v) is 10.2. The zero-order valence-electron chi connectivity index (χ0n) is 17.8. The van der Waals surface area contributed by atoms with Crippen molar-refractivity contribution in [3.8, 4) is 24.7 Å². The molecule has 0 amide bonds. The average molecular weight is 504 g/mol. The molecule has 0 spiro atoms. The number of terminal acetylenes is 2. The molecule has 0 aromatic rings. The van der Waals surface area contributed by atoms with E-state index in [0.717, 1.165) is 48.8 Å². The van der Waals surface area contributed by atoms with E-state index < -0.39 is 0 Å². The Kier molecular flexibility index (Phi) is 19.1. The van der Waals surface area contributed by atoms with Crippen LogP contribution < -0.4 is 56.7 Å². The Morgan fingerprint density at radius 2 is 1.46 bits per heavy atom.